The Kier molecular flexibility index (Phi) is 4.22. The van der Waals surface area contributed by atoms with E-state index >= 15 is 0 Å². The van der Waals surface area contributed by atoms with Crippen LogP contribution in [0.2, 0.25) is 4.34 Å². The van der Waals surface area contributed by atoms with Crippen LogP contribution in [0.4, 0.5) is 4.39 Å². The van der Waals surface area contributed by atoms with Crippen LogP contribution in [-0.4, -0.2) is 12.2 Å². The van der Waals surface area contributed by atoms with Crippen LogP contribution < -0.4 is 4.74 Å². The molecule has 2 rings (SSSR count). The highest BCUT2D eigenvalue weighted by atomic mass is 35.5. The summed E-state index contributed by atoms with van der Waals surface area (Å²) in [5.74, 6) is -0.116. The van der Waals surface area contributed by atoms with Crippen LogP contribution in [0.3, 0.4) is 0 Å². The molecule has 1 N–H and O–H groups in total. The minimum atomic E-state index is -0.948. The Labute approximate surface area is 114 Å². The van der Waals surface area contributed by atoms with Gasteiger partial charge in [-0.1, -0.05) is 17.7 Å². The molecular formula is C13H12ClFO2S. The van der Waals surface area contributed by atoms with Crippen molar-refractivity contribution in [3.63, 3.8) is 0 Å². The Morgan fingerprint density at radius 3 is 2.78 bits per heavy atom. The SMILES string of the molecule is COc1cccc(F)c1C(O)Cc1ccc(Cl)s1. The van der Waals surface area contributed by atoms with E-state index < -0.39 is 11.9 Å². The van der Waals surface area contributed by atoms with Crippen molar-refractivity contribution in [3.8, 4) is 5.75 Å². The van der Waals surface area contributed by atoms with Gasteiger partial charge in [0.1, 0.15) is 11.6 Å². The minimum absolute atomic E-state index is 0.185. The Hall–Kier alpha value is -1.10. The van der Waals surface area contributed by atoms with Crippen LogP contribution >= 0.6 is 22.9 Å². The predicted molar refractivity (Wildman–Crippen MR) is 70.9 cm³/mol. The third-order valence-corrected chi connectivity index (χ3v) is 3.84. The monoisotopic (exact) mass is 286 g/mol. The predicted octanol–water partition coefficient (Wildman–Crippen LogP) is 3.83. The summed E-state index contributed by atoms with van der Waals surface area (Å²) in [6, 6.07) is 8.06. The number of ether oxygens (including phenoxy) is 1. The number of aliphatic hydroxyl groups excluding tert-OH is 1. The number of benzene rings is 1. The lowest BCUT2D eigenvalue weighted by molar-refractivity contribution is 0.170. The van der Waals surface area contributed by atoms with E-state index in [0.717, 1.165) is 4.88 Å². The highest BCUT2D eigenvalue weighted by Gasteiger charge is 2.19. The smallest absolute Gasteiger partial charge is 0.132 e. The molecule has 0 spiro atoms. The lowest BCUT2D eigenvalue weighted by Crippen LogP contribution is -2.06. The van der Waals surface area contributed by atoms with E-state index in [1.165, 1.54) is 24.5 Å². The van der Waals surface area contributed by atoms with Crippen molar-refractivity contribution in [2.75, 3.05) is 7.11 Å². The molecule has 0 fully saturated rings. The largest absolute Gasteiger partial charge is 0.496 e. The molecule has 5 heteroatoms. The maximum atomic E-state index is 13.7. The van der Waals surface area contributed by atoms with Gasteiger partial charge in [-0.3, -0.25) is 0 Å². The molecule has 2 aromatic rings. The van der Waals surface area contributed by atoms with Crippen LogP contribution in [-0.2, 0) is 6.42 Å². The van der Waals surface area contributed by atoms with Gasteiger partial charge in [-0.05, 0) is 24.3 Å². The second-order valence-electron chi connectivity index (χ2n) is 3.78. The zero-order valence-electron chi connectivity index (χ0n) is 9.69. The Balaban J connectivity index is 2.25. The average Bonchev–Trinajstić information content (AvgIpc) is 2.74. The normalized spacial score (nSPS) is 12.4. The standard InChI is InChI=1S/C13H12ClFO2S/c1-17-11-4-2-3-9(15)13(11)10(16)7-8-5-6-12(14)18-8/h2-6,10,16H,7H2,1H3. The van der Waals surface area contributed by atoms with Crippen LogP contribution in [0, 0.1) is 5.82 Å². The summed E-state index contributed by atoms with van der Waals surface area (Å²) >= 11 is 7.19. The molecule has 0 aliphatic rings. The summed E-state index contributed by atoms with van der Waals surface area (Å²) in [5, 5.41) is 10.1. The molecule has 1 unspecified atom stereocenters. The van der Waals surface area contributed by atoms with Gasteiger partial charge < -0.3 is 9.84 Å². The number of halogens is 2. The van der Waals surface area contributed by atoms with Gasteiger partial charge in [0.15, 0.2) is 0 Å². The van der Waals surface area contributed by atoms with E-state index in [4.69, 9.17) is 16.3 Å². The highest BCUT2D eigenvalue weighted by molar-refractivity contribution is 7.16. The van der Waals surface area contributed by atoms with Crippen LogP contribution in [0.25, 0.3) is 0 Å². The molecule has 18 heavy (non-hydrogen) atoms. The lowest BCUT2D eigenvalue weighted by Gasteiger charge is -2.14. The number of thiophene rings is 1. The van der Waals surface area contributed by atoms with E-state index in [2.05, 4.69) is 0 Å². The molecule has 0 saturated carbocycles. The Morgan fingerprint density at radius 2 is 2.17 bits per heavy atom. The number of hydrogen-bond donors (Lipinski definition) is 1. The molecular weight excluding hydrogens is 275 g/mol. The third-order valence-electron chi connectivity index (χ3n) is 2.59. The van der Waals surface area contributed by atoms with Crippen molar-refractivity contribution in [2.45, 2.75) is 12.5 Å². The van der Waals surface area contributed by atoms with Crippen LogP contribution in [0.5, 0.6) is 5.75 Å². The molecule has 1 aromatic heterocycles. The fourth-order valence-electron chi connectivity index (χ4n) is 1.77. The summed E-state index contributed by atoms with van der Waals surface area (Å²) in [5.41, 5.74) is 0.185. The van der Waals surface area contributed by atoms with E-state index in [1.54, 1.807) is 18.2 Å². The number of methoxy groups -OCH3 is 1. The van der Waals surface area contributed by atoms with Gasteiger partial charge in [0.25, 0.3) is 0 Å². The van der Waals surface area contributed by atoms with Gasteiger partial charge >= 0.3 is 0 Å². The molecule has 1 aromatic carbocycles. The number of rotatable bonds is 4. The first-order valence-electron chi connectivity index (χ1n) is 5.36. The number of hydrogen-bond acceptors (Lipinski definition) is 3. The van der Waals surface area contributed by atoms with Crippen molar-refractivity contribution in [2.24, 2.45) is 0 Å². The molecule has 0 radical (unpaired) electrons. The third kappa shape index (κ3) is 2.83. The van der Waals surface area contributed by atoms with Crippen molar-refractivity contribution >= 4 is 22.9 Å². The van der Waals surface area contributed by atoms with Crippen molar-refractivity contribution < 1.29 is 14.2 Å². The first-order valence-corrected chi connectivity index (χ1v) is 6.56. The van der Waals surface area contributed by atoms with Crippen LogP contribution in [0.15, 0.2) is 30.3 Å². The Bertz CT molecular complexity index is 542. The molecule has 2 nitrogen and oxygen atoms in total. The fraction of sp³-hybridized carbons (Fsp3) is 0.231. The van der Waals surface area contributed by atoms with Gasteiger partial charge in [-0.15, -0.1) is 11.3 Å². The minimum Gasteiger partial charge on any atom is -0.496 e. The summed E-state index contributed by atoms with van der Waals surface area (Å²) in [4.78, 5) is 0.901. The van der Waals surface area contributed by atoms with E-state index in [1.807, 2.05) is 6.07 Å². The second-order valence-corrected chi connectivity index (χ2v) is 5.58. The molecule has 0 amide bonds. The average molecular weight is 287 g/mol. The second kappa shape index (κ2) is 5.69. The van der Waals surface area contributed by atoms with Crippen LogP contribution in [0.1, 0.15) is 16.5 Å². The molecule has 1 atom stereocenters. The van der Waals surface area contributed by atoms with Crippen molar-refractivity contribution in [1.82, 2.24) is 0 Å². The lowest BCUT2D eigenvalue weighted by atomic mass is 10.0. The maximum Gasteiger partial charge on any atom is 0.132 e. The van der Waals surface area contributed by atoms with Crippen molar-refractivity contribution in [1.29, 1.82) is 0 Å². The highest BCUT2D eigenvalue weighted by Crippen LogP contribution is 2.32. The summed E-state index contributed by atoms with van der Waals surface area (Å²) in [6.45, 7) is 0. The molecule has 0 aliphatic carbocycles. The molecule has 1 heterocycles. The van der Waals surface area contributed by atoms with Gasteiger partial charge in [-0.25, -0.2) is 4.39 Å². The Morgan fingerprint density at radius 1 is 1.39 bits per heavy atom. The fourth-order valence-corrected chi connectivity index (χ4v) is 2.90. The maximum absolute atomic E-state index is 13.7. The first-order chi connectivity index (χ1) is 8.61. The molecule has 0 bridgehead atoms. The van der Waals surface area contributed by atoms with E-state index in [-0.39, 0.29) is 5.56 Å². The molecule has 0 aliphatic heterocycles. The first kappa shape index (κ1) is 13.3. The van der Waals surface area contributed by atoms with Gasteiger partial charge in [0, 0.05) is 11.3 Å². The van der Waals surface area contributed by atoms with Gasteiger partial charge in [0.2, 0.25) is 0 Å². The zero-order valence-corrected chi connectivity index (χ0v) is 11.3. The summed E-state index contributed by atoms with van der Waals surface area (Å²) in [6.07, 6.45) is -0.634. The topological polar surface area (TPSA) is 29.5 Å². The van der Waals surface area contributed by atoms with Gasteiger partial charge in [0.05, 0.1) is 23.1 Å². The van der Waals surface area contributed by atoms with E-state index in [9.17, 15) is 9.50 Å². The zero-order chi connectivity index (χ0) is 13.1. The molecule has 96 valence electrons. The van der Waals surface area contributed by atoms with Crippen molar-refractivity contribution in [3.05, 3.63) is 50.9 Å². The summed E-state index contributed by atoms with van der Waals surface area (Å²) in [7, 11) is 1.45. The molecule has 0 saturated heterocycles. The number of aliphatic hydroxyl groups is 1. The van der Waals surface area contributed by atoms with E-state index in [0.29, 0.717) is 16.5 Å². The van der Waals surface area contributed by atoms with Gasteiger partial charge in [-0.2, -0.15) is 0 Å². The quantitative estimate of drug-likeness (QED) is 0.926. The summed E-state index contributed by atoms with van der Waals surface area (Å²) < 4.78 is 19.5.